The van der Waals surface area contributed by atoms with Crippen LogP contribution in [0.1, 0.15) is 37.4 Å². The Bertz CT molecular complexity index is 1540. The van der Waals surface area contributed by atoms with Gasteiger partial charge in [-0.3, -0.25) is 9.59 Å². The smallest absolute Gasteiger partial charge is 0.366 e. The van der Waals surface area contributed by atoms with E-state index in [1.165, 1.54) is 24.3 Å². The van der Waals surface area contributed by atoms with Gasteiger partial charge in [0.15, 0.2) is 0 Å². The summed E-state index contributed by atoms with van der Waals surface area (Å²) < 4.78 is 136. The molecule has 0 saturated carbocycles. The third-order valence-electron chi connectivity index (χ3n) is 5.68. The number of anilines is 1. The molecule has 0 fully saturated rings. The van der Waals surface area contributed by atoms with E-state index in [9.17, 15) is 53.5 Å². The van der Waals surface area contributed by atoms with Crippen LogP contribution in [0.2, 0.25) is 0 Å². The van der Waals surface area contributed by atoms with Gasteiger partial charge >= 0.3 is 24.2 Å². The molecule has 2 amide bonds. The number of nitrogens with zero attached hydrogens (tertiary/aromatic N) is 1. The molecule has 0 aliphatic heterocycles. The van der Waals surface area contributed by atoms with Crippen LogP contribution in [0.15, 0.2) is 59.1 Å². The summed E-state index contributed by atoms with van der Waals surface area (Å²) in [4.78, 5) is 25.0. The molecule has 0 aliphatic rings. The number of rotatable bonds is 5. The van der Waals surface area contributed by atoms with E-state index in [1.54, 1.807) is 6.07 Å². The predicted molar refractivity (Wildman–Crippen MR) is 127 cm³/mol. The van der Waals surface area contributed by atoms with Gasteiger partial charge < -0.3 is 11.1 Å². The van der Waals surface area contributed by atoms with Crippen molar-refractivity contribution in [1.29, 1.82) is 5.26 Å². The lowest BCUT2D eigenvalue weighted by Crippen LogP contribution is -2.50. The van der Waals surface area contributed by atoms with Gasteiger partial charge in [0, 0.05) is 38.0 Å². The molecule has 3 aromatic rings. The van der Waals surface area contributed by atoms with Crippen LogP contribution in [-0.2, 0) is 11.8 Å². The van der Waals surface area contributed by atoms with E-state index < -0.39 is 80.1 Å². The van der Waals surface area contributed by atoms with E-state index in [4.69, 9.17) is 11.0 Å². The van der Waals surface area contributed by atoms with Gasteiger partial charge in [0.2, 0.25) is 5.91 Å². The summed E-state index contributed by atoms with van der Waals surface area (Å²) in [6.45, 7) is 0. The molecule has 0 aliphatic carbocycles. The van der Waals surface area contributed by atoms with Crippen molar-refractivity contribution in [3.05, 3.63) is 86.9 Å². The van der Waals surface area contributed by atoms with E-state index >= 15 is 0 Å². The Labute approximate surface area is 231 Å². The molecule has 41 heavy (non-hydrogen) atoms. The monoisotopic (exact) mass is 655 g/mol. The summed E-state index contributed by atoms with van der Waals surface area (Å²) in [5, 5.41) is 11.1. The minimum absolute atomic E-state index is 0.123. The zero-order chi connectivity index (χ0) is 31.1. The quantitative estimate of drug-likeness (QED) is 0.277. The lowest BCUT2D eigenvalue weighted by atomic mass is 9.87. The fourth-order valence-corrected chi connectivity index (χ4v) is 4.45. The summed E-state index contributed by atoms with van der Waals surface area (Å²) in [7, 11) is 0. The molecule has 0 spiro atoms. The van der Waals surface area contributed by atoms with E-state index in [0.29, 0.717) is 0 Å². The first-order chi connectivity index (χ1) is 18.7. The van der Waals surface area contributed by atoms with Crippen LogP contribution >= 0.6 is 15.9 Å². The topological polar surface area (TPSA) is 96.0 Å². The van der Waals surface area contributed by atoms with Crippen LogP contribution < -0.4 is 11.1 Å². The van der Waals surface area contributed by atoms with E-state index in [-0.39, 0.29) is 17.2 Å². The van der Waals surface area contributed by atoms with Crippen molar-refractivity contribution in [3.63, 3.8) is 0 Å². The standard InChI is InChI=1S/C25H12BrF10N3O2/c26-16-9-13(22(27,24(31,32)33)25(34,35)36)8-15(23(28,29)30)19(16)18-14(20(38)40)2-1-3-17(18)39-21(41)12-6-4-11(10-37)5-7-12/h1-9H,(H2,38,40)(H,39,41). The molecule has 3 N–H and O–H groups in total. The molecule has 5 nitrogen and oxygen atoms in total. The first-order valence-corrected chi connectivity index (χ1v) is 11.5. The molecule has 3 aromatic carbocycles. The number of carbonyl (C=O) groups excluding carboxylic acids is 2. The number of benzene rings is 3. The van der Waals surface area contributed by atoms with Crippen molar-refractivity contribution in [1.82, 2.24) is 0 Å². The molecule has 0 radical (unpaired) electrons. The SMILES string of the molecule is N#Cc1ccc(C(=O)Nc2cccc(C(N)=O)c2-c2c(Br)cc(C(F)(C(F)(F)F)C(F)(F)F)cc2C(F)(F)F)cc1. The van der Waals surface area contributed by atoms with Gasteiger partial charge in [0.05, 0.1) is 17.2 Å². The third kappa shape index (κ3) is 5.85. The maximum absolute atomic E-state index is 14.7. The van der Waals surface area contributed by atoms with Gasteiger partial charge in [-0.2, -0.15) is 44.8 Å². The second kappa shape index (κ2) is 10.7. The van der Waals surface area contributed by atoms with Crippen LogP contribution in [0, 0.1) is 11.3 Å². The van der Waals surface area contributed by atoms with Crippen molar-refractivity contribution < 1.29 is 53.5 Å². The second-order valence-electron chi connectivity index (χ2n) is 8.27. The molecule has 16 heteroatoms. The highest BCUT2D eigenvalue weighted by Crippen LogP contribution is 2.56. The number of nitrogens with two attached hydrogens (primary N) is 1. The fourth-order valence-electron chi connectivity index (χ4n) is 3.79. The second-order valence-corrected chi connectivity index (χ2v) is 9.12. The molecule has 0 bridgehead atoms. The van der Waals surface area contributed by atoms with Gasteiger partial charge in [0.1, 0.15) is 0 Å². The summed E-state index contributed by atoms with van der Waals surface area (Å²) in [6, 6.07) is 8.72. The normalized spacial score (nSPS) is 12.5. The number of nitrogens with one attached hydrogen (secondary N) is 1. The van der Waals surface area contributed by atoms with Gasteiger partial charge in [-0.25, -0.2) is 4.39 Å². The highest BCUT2D eigenvalue weighted by Gasteiger charge is 2.73. The van der Waals surface area contributed by atoms with Crippen molar-refractivity contribution in [2.24, 2.45) is 5.73 Å². The van der Waals surface area contributed by atoms with E-state index in [1.807, 2.05) is 0 Å². The number of hydrogen-bond donors (Lipinski definition) is 2. The average Bonchev–Trinajstić information content (AvgIpc) is 2.85. The van der Waals surface area contributed by atoms with Gasteiger partial charge in [-0.1, -0.05) is 22.0 Å². The Morgan fingerprint density at radius 1 is 0.829 bits per heavy atom. The molecule has 0 saturated heterocycles. The summed E-state index contributed by atoms with van der Waals surface area (Å²) >= 11 is 2.50. The third-order valence-corrected chi connectivity index (χ3v) is 6.30. The van der Waals surface area contributed by atoms with Crippen LogP contribution in [0.3, 0.4) is 0 Å². The molecule has 3 rings (SSSR count). The summed E-state index contributed by atoms with van der Waals surface area (Å²) in [6.07, 6.45) is -19.2. The Balaban J connectivity index is 2.37. The Morgan fingerprint density at radius 3 is 1.85 bits per heavy atom. The number of primary amides is 1. The first kappa shape index (κ1) is 31.4. The number of amides is 2. The minimum atomic E-state index is -6.72. The molecule has 0 atom stereocenters. The lowest BCUT2D eigenvalue weighted by molar-refractivity contribution is -0.348. The predicted octanol–water partition coefficient (Wildman–Crippen LogP) is 7.65. The fraction of sp³-hybridized carbons (Fsp3) is 0.160. The zero-order valence-corrected chi connectivity index (χ0v) is 21.3. The van der Waals surface area contributed by atoms with Gasteiger partial charge in [-0.05, 0) is 48.5 Å². The van der Waals surface area contributed by atoms with E-state index in [0.717, 1.165) is 18.2 Å². The lowest BCUT2D eigenvalue weighted by Gasteiger charge is -2.31. The van der Waals surface area contributed by atoms with Crippen molar-refractivity contribution in [2.45, 2.75) is 24.2 Å². The number of halogens is 11. The van der Waals surface area contributed by atoms with Crippen LogP contribution in [0.4, 0.5) is 49.6 Å². The maximum atomic E-state index is 14.7. The average molecular weight is 656 g/mol. The molecule has 216 valence electrons. The van der Waals surface area contributed by atoms with E-state index in [2.05, 4.69) is 21.2 Å². The van der Waals surface area contributed by atoms with Crippen molar-refractivity contribution >= 4 is 33.4 Å². The molecular formula is C25H12BrF10N3O2. The first-order valence-electron chi connectivity index (χ1n) is 10.7. The maximum Gasteiger partial charge on any atom is 0.435 e. The number of hydrogen-bond acceptors (Lipinski definition) is 3. The minimum Gasteiger partial charge on any atom is -0.366 e. The largest absolute Gasteiger partial charge is 0.435 e. The zero-order valence-electron chi connectivity index (χ0n) is 19.7. The van der Waals surface area contributed by atoms with Crippen molar-refractivity contribution in [3.8, 4) is 17.2 Å². The molecule has 0 heterocycles. The highest BCUT2D eigenvalue weighted by molar-refractivity contribution is 9.10. The van der Waals surface area contributed by atoms with Gasteiger partial charge in [-0.15, -0.1) is 0 Å². The van der Waals surface area contributed by atoms with Crippen molar-refractivity contribution in [2.75, 3.05) is 5.32 Å². The Hall–Kier alpha value is -4.13. The summed E-state index contributed by atoms with van der Waals surface area (Å²) in [5.41, 5.74) is -8.89. The summed E-state index contributed by atoms with van der Waals surface area (Å²) in [5.74, 6) is -2.38. The molecule has 0 aromatic heterocycles. The molecule has 0 unspecified atom stereocenters. The van der Waals surface area contributed by atoms with Gasteiger partial charge in [0.25, 0.3) is 5.91 Å². The number of nitriles is 1. The number of carbonyl (C=O) groups is 2. The Kier molecular flexibility index (Phi) is 8.19. The molecular weight excluding hydrogens is 644 g/mol. The van der Waals surface area contributed by atoms with Crippen LogP contribution in [0.5, 0.6) is 0 Å². The highest BCUT2D eigenvalue weighted by atomic mass is 79.9. The number of alkyl halides is 10. The van der Waals surface area contributed by atoms with Crippen LogP contribution in [-0.4, -0.2) is 24.2 Å². The van der Waals surface area contributed by atoms with Crippen LogP contribution in [0.25, 0.3) is 11.1 Å². The Morgan fingerprint density at radius 2 is 1.39 bits per heavy atom.